The Kier molecular flexibility index (Phi) is 6.20. The number of likely N-dealkylation sites (tertiary alicyclic amines) is 1. The number of ether oxygens (including phenoxy) is 1. The van der Waals surface area contributed by atoms with E-state index >= 15 is 0 Å². The molecule has 0 bridgehead atoms. The van der Waals surface area contributed by atoms with Gasteiger partial charge in [-0.15, -0.1) is 0 Å². The van der Waals surface area contributed by atoms with Crippen LogP contribution in [-0.2, 0) is 16.1 Å². The second kappa shape index (κ2) is 9.02. The van der Waals surface area contributed by atoms with E-state index in [1.54, 1.807) is 29.3 Å². The van der Waals surface area contributed by atoms with Gasteiger partial charge in [-0.2, -0.15) is 0 Å². The predicted octanol–water partition coefficient (Wildman–Crippen LogP) is 3.33. The number of nitrogens with one attached hydrogen (secondary N) is 1. The van der Waals surface area contributed by atoms with Crippen LogP contribution in [0.15, 0.2) is 36.5 Å². The molecule has 2 aliphatic heterocycles. The molecule has 2 amide bonds. The predicted molar refractivity (Wildman–Crippen MR) is 116 cm³/mol. The molecule has 0 radical (unpaired) electrons. The first-order valence-corrected chi connectivity index (χ1v) is 10.6. The number of fused-ring (bicyclic) bond motifs is 1. The number of nitrogens with zero attached hydrogens (tertiary/aromatic N) is 3. The summed E-state index contributed by atoms with van der Waals surface area (Å²) in [6, 6.07) is 9.23. The van der Waals surface area contributed by atoms with Crippen molar-refractivity contribution in [3.63, 3.8) is 0 Å². The fourth-order valence-corrected chi connectivity index (χ4v) is 4.07. The van der Waals surface area contributed by atoms with Crippen LogP contribution < -0.4 is 10.2 Å². The van der Waals surface area contributed by atoms with Crippen molar-refractivity contribution in [2.24, 2.45) is 0 Å². The zero-order chi connectivity index (χ0) is 21.1. The smallest absolute Gasteiger partial charge is 0.255 e. The van der Waals surface area contributed by atoms with Crippen molar-refractivity contribution in [3.8, 4) is 0 Å². The van der Waals surface area contributed by atoms with Gasteiger partial charge < -0.3 is 19.9 Å². The monoisotopic (exact) mass is 428 g/mol. The Morgan fingerprint density at radius 2 is 2.13 bits per heavy atom. The molecule has 1 fully saturated rings. The van der Waals surface area contributed by atoms with Crippen LogP contribution in [0.4, 0.5) is 11.5 Å². The number of aromatic nitrogens is 1. The van der Waals surface area contributed by atoms with Gasteiger partial charge in [0.05, 0.1) is 37.0 Å². The molecule has 1 unspecified atom stereocenters. The highest BCUT2D eigenvalue weighted by atomic mass is 35.5. The Hall–Kier alpha value is -2.64. The Labute approximate surface area is 181 Å². The molecule has 2 aromatic rings. The van der Waals surface area contributed by atoms with E-state index in [1.165, 1.54) is 0 Å². The number of rotatable bonds is 6. The Morgan fingerprint density at radius 3 is 2.90 bits per heavy atom. The number of halogens is 1. The van der Waals surface area contributed by atoms with E-state index in [0.29, 0.717) is 48.4 Å². The molecule has 1 saturated heterocycles. The molecule has 1 aromatic carbocycles. The number of amides is 2. The minimum Gasteiger partial charge on any atom is -0.380 e. The van der Waals surface area contributed by atoms with E-state index in [1.807, 2.05) is 24.0 Å². The van der Waals surface area contributed by atoms with E-state index in [2.05, 4.69) is 10.3 Å². The van der Waals surface area contributed by atoms with Crippen molar-refractivity contribution < 1.29 is 14.3 Å². The van der Waals surface area contributed by atoms with Crippen molar-refractivity contribution in [2.45, 2.75) is 32.4 Å². The normalized spacial score (nSPS) is 18.3. The van der Waals surface area contributed by atoms with Crippen LogP contribution in [0.25, 0.3) is 0 Å². The summed E-state index contributed by atoms with van der Waals surface area (Å²) in [4.78, 5) is 33.8. The SMILES string of the molecule is CCOCC1CCCN1C(=O)c1cnc2c(c1)N(Cc1ccc(Cl)cc1)C(=O)CN2. The molecule has 0 aliphatic carbocycles. The number of benzene rings is 1. The van der Waals surface area contributed by atoms with Gasteiger partial charge in [0.25, 0.3) is 5.91 Å². The molecule has 0 spiro atoms. The second-order valence-electron chi connectivity index (χ2n) is 7.51. The fourth-order valence-electron chi connectivity index (χ4n) is 3.94. The van der Waals surface area contributed by atoms with Crippen molar-refractivity contribution >= 4 is 34.9 Å². The van der Waals surface area contributed by atoms with Gasteiger partial charge in [0.1, 0.15) is 0 Å². The Morgan fingerprint density at radius 1 is 1.33 bits per heavy atom. The van der Waals surface area contributed by atoms with Crippen molar-refractivity contribution in [1.82, 2.24) is 9.88 Å². The average Bonchev–Trinajstić information content (AvgIpc) is 3.23. The summed E-state index contributed by atoms with van der Waals surface area (Å²) < 4.78 is 5.55. The third-order valence-electron chi connectivity index (χ3n) is 5.52. The van der Waals surface area contributed by atoms with Crippen LogP contribution in [0.5, 0.6) is 0 Å². The maximum absolute atomic E-state index is 13.2. The van der Waals surface area contributed by atoms with E-state index in [9.17, 15) is 9.59 Å². The highest BCUT2D eigenvalue weighted by Crippen LogP contribution is 2.31. The minimum absolute atomic E-state index is 0.0701. The first kappa shape index (κ1) is 20.6. The van der Waals surface area contributed by atoms with Crippen molar-refractivity contribution in [1.29, 1.82) is 0 Å². The minimum atomic E-state index is -0.0723. The van der Waals surface area contributed by atoms with E-state index < -0.39 is 0 Å². The molecule has 1 N–H and O–H groups in total. The summed E-state index contributed by atoms with van der Waals surface area (Å²) in [6.45, 7) is 4.40. The van der Waals surface area contributed by atoms with E-state index in [0.717, 1.165) is 18.4 Å². The van der Waals surface area contributed by atoms with Gasteiger partial charge in [-0.1, -0.05) is 23.7 Å². The number of carbonyl (C=O) groups is 2. The quantitative estimate of drug-likeness (QED) is 0.763. The largest absolute Gasteiger partial charge is 0.380 e. The van der Waals surface area contributed by atoms with Gasteiger partial charge >= 0.3 is 0 Å². The summed E-state index contributed by atoms with van der Waals surface area (Å²) in [6.07, 6.45) is 3.48. The topological polar surface area (TPSA) is 74.8 Å². The number of carbonyl (C=O) groups excluding carboxylic acids is 2. The number of hydrogen-bond donors (Lipinski definition) is 1. The molecule has 158 valence electrons. The number of hydrogen-bond acceptors (Lipinski definition) is 5. The van der Waals surface area contributed by atoms with Gasteiger partial charge in [-0.25, -0.2) is 4.98 Å². The highest BCUT2D eigenvalue weighted by Gasteiger charge is 2.31. The molecular weight excluding hydrogens is 404 g/mol. The summed E-state index contributed by atoms with van der Waals surface area (Å²) in [5, 5.41) is 3.69. The Bertz CT molecular complexity index is 934. The van der Waals surface area contributed by atoms with Crippen LogP contribution in [0.1, 0.15) is 35.7 Å². The van der Waals surface area contributed by atoms with Crippen LogP contribution in [-0.4, -0.2) is 54.0 Å². The third-order valence-corrected chi connectivity index (χ3v) is 5.77. The molecule has 1 aromatic heterocycles. The summed E-state index contributed by atoms with van der Waals surface area (Å²) in [5.74, 6) is 0.462. The Balaban J connectivity index is 1.59. The molecule has 3 heterocycles. The highest BCUT2D eigenvalue weighted by molar-refractivity contribution is 6.30. The zero-order valence-corrected chi connectivity index (χ0v) is 17.7. The lowest BCUT2D eigenvalue weighted by Gasteiger charge is -2.30. The maximum atomic E-state index is 13.2. The first-order valence-electron chi connectivity index (χ1n) is 10.2. The molecule has 7 nitrogen and oxygen atoms in total. The molecule has 4 rings (SSSR count). The lowest BCUT2D eigenvalue weighted by Crippen LogP contribution is -2.41. The van der Waals surface area contributed by atoms with Gasteiger partial charge in [0.15, 0.2) is 5.82 Å². The molecule has 1 atom stereocenters. The molecule has 8 heteroatoms. The summed E-state index contributed by atoms with van der Waals surface area (Å²) in [5.41, 5.74) is 2.05. The molecule has 0 saturated carbocycles. The standard InChI is InChI=1S/C22H25ClN4O3/c1-2-30-14-18-4-3-9-26(18)22(29)16-10-19-21(24-11-16)25-12-20(28)27(19)13-15-5-7-17(23)8-6-15/h5-8,10-11,18H,2-4,9,12-14H2,1H3,(H,24,25). The van der Waals surface area contributed by atoms with Gasteiger partial charge in [-0.05, 0) is 43.5 Å². The fraction of sp³-hybridized carbons (Fsp3) is 0.409. The van der Waals surface area contributed by atoms with E-state index in [4.69, 9.17) is 16.3 Å². The molecule has 30 heavy (non-hydrogen) atoms. The number of pyridine rings is 1. The lowest BCUT2D eigenvalue weighted by molar-refractivity contribution is -0.117. The van der Waals surface area contributed by atoms with Gasteiger partial charge in [0.2, 0.25) is 5.91 Å². The van der Waals surface area contributed by atoms with Crippen LogP contribution in [0.3, 0.4) is 0 Å². The van der Waals surface area contributed by atoms with Crippen molar-refractivity contribution in [3.05, 3.63) is 52.7 Å². The third kappa shape index (κ3) is 4.27. The summed E-state index contributed by atoms with van der Waals surface area (Å²) in [7, 11) is 0. The lowest BCUT2D eigenvalue weighted by atomic mass is 10.1. The van der Waals surface area contributed by atoms with Gasteiger partial charge in [-0.3, -0.25) is 9.59 Å². The summed E-state index contributed by atoms with van der Waals surface area (Å²) >= 11 is 5.97. The van der Waals surface area contributed by atoms with Crippen molar-refractivity contribution in [2.75, 3.05) is 36.5 Å². The van der Waals surface area contributed by atoms with Crippen LogP contribution in [0, 0.1) is 0 Å². The zero-order valence-electron chi connectivity index (χ0n) is 16.9. The maximum Gasteiger partial charge on any atom is 0.255 e. The second-order valence-corrected chi connectivity index (χ2v) is 7.94. The molecule has 2 aliphatic rings. The number of anilines is 2. The molecular formula is C22H25ClN4O3. The first-order chi connectivity index (χ1) is 14.6. The van der Waals surface area contributed by atoms with E-state index in [-0.39, 0.29) is 24.4 Å². The van der Waals surface area contributed by atoms with Crippen LogP contribution in [0.2, 0.25) is 5.02 Å². The van der Waals surface area contributed by atoms with Crippen LogP contribution >= 0.6 is 11.6 Å². The average molecular weight is 429 g/mol. The van der Waals surface area contributed by atoms with Gasteiger partial charge in [0, 0.05) is 24.4 Å².